The van der Waals surface area contributed by atoms with Gasteiger partial charge in [-0.1, -0.05) is 73.7 Å². The van der Waals surface area contributed by atoms with E-state index >= 15 is 0 Å². The number of hydrogen-bond acceptors (Lipinski definition) is 2. The molecule has 3 nitrogen and oxygen atoms in total. The lowest BCUT2D eigenvalue weighted by atomic mass is 10.1. The second-order valence-electron chi connectivity index (χ2n) is 5.08. The molecule has 0 aliphatic rings. The van der Waals surface area contributed by atoms with E-state index in [0.29, 0.717) is 6.54 Å². The molecule has 3 heteroatoms. The van der Waals surface area contributed by atoms with Gasteiger partial charge in [-0.3, -0.25) is 4.79 Å². The second-order valence-corrected chi connectivity index (χ2v) is 5.08. The lowest BCUT2D eigenvalue weighted by Crippen LogP contribution is -2.27. The Morgan fingerprint density at radius 3 is 2.13 bits per heavy atom. The molecule has 118 valence electrons. The molecule has 0 unspecified atom stereocenters. The number of rotatable bonds is 7. The van der Waals surface area contributed by atoms with Gasteiger partial charge in [-0.2, -0.15) is 0 Å². The number of allylic oxidation sites excluding steroid dienone is 2. The minimum absolute atomic E-state index is 0.0269. The van der Waals surface area contributed by atoms with Crippen LogP contribution in [0.4, 0.5) is 5.69 Å². The van der Waals surface area contributed by atoms with Crippen LogP contribution in [0.25, 0.3) is 12.2 Å². The topological polar surface area (TPSA) is 41.1 Å². The predicted octanol–water partition coefficient (Wildman–Crippen LogP) is 3.96. The highest BCUT2D eigenvalue weighted by Crippen LogP contribution is 2.11. The fraction of sp³-hybridized carbons (Fsp3) is 0.150. The molecule has 0 bridgehead atoms. The normalized spacial score (nSPS) is 11.2. The van der Waals surface area contributed by atoms with Crippen molar-refractivity contribution in [2.75, 3.05) is 18.4 Å². The van der Waals surface area contributed by atoms with Gasteiger partial charge in [-0.15, -0.1) is 0 Å². The highest BCUT2D eigenvalue weighted by molar-refractivity contribution is 5.92. The molecular formula is C20H22N2O. The molecule has 0 fully saturated rings. The molecule has 0 atom stereocenters. The molecule has 0 aliphatic carbocycles. The van der Waals surface area contributed by atoms with Crippen LogP contribution in [-0.2, 0) is 4.79 Å². The zero-order valence-electron chi connectivity index (χ0n) is 13.3. The monoisotopic (exact) mass is 306 g/mol. The minimum atomic E-state index is -0.0269. The maximum absolute atomic E-state index is 11.6. The van der Waals surface area contributed by atoms with Crippen LogP contribution in [0.15, 0.2) is 66.7 Å². The molecule has 0 aromatic heterocycles. The average Bonchev–Trinajstić information content (AvgIpc) is 2.59. The lowest BCUT2D eigenvalue weighted by molar-refractivity contribution is -0.115. The first kappa shape index (κ1) is 16.7. The summed E-state index contributed by atoms with van der Waals surface area (Å²) < 4.78 is 0. The number of benzene rings is 2. The molecule has 1 amide bonds. The number of carbonyl (C=O) groups excluding carboxylic acids is 1. The van der Waals surface area contributed by atoms with Gasteiger partial charge in [0, 0.05) is 5.69 Å². The fourth-order valence-electron chi connectivity index (χ4n) is 2.02. The summed E-state index contributed by atoms with van der Waals surface area (Å²) >= 11 is 0. The predicted molar refractivity (Wildman–Crippen MR) is 98.1 cm³/mol. The van der Waals surface area contributed by atoms with Crippen molar-refractivity contribution < 1.29 is 4.79 Å². The van der Waals surface area contributed by atoms with Crippen LogP contribution >= 0.6 is 0 Å². The summed E-state index contributed by atoms with van der Waals surface area (Å²) in [6.07, 6.45) is 8.11. The lowest BCUT2D eigenvalue weighted by Gasteiger charge is -2.05. The number of likely N-dealkylation sites (N-methyl/N-ethyl adjacent to an activating group) is 1. The van der Waals surface area contributed by atoms with Crippen molar-refractivity contribution in [3.63, 3.8) is 0 Å². The van der Waals surface area contributed by atoms with Crippen LogP contribution in [0.5, 0.6) is 0 Å². The molecule has 0 saturated heterocycles. The van der Waals surface area contributed by atoms with Gasteiger partial charge in [0.1, 0.15) is 0 Å². The SMILES string of the molecule is CCNCC(=O)Nc1ccc(C=CC=Cc2ccccc2)cc1. The number of nitrogens with one attached hydrogen (secondary N) is 2. The number of carbonyl (C=O) groups is 1. The van der Waals surface area contributed by atoms with Gasteiger partial charge < -0.3 is 10.6 Å². The Morgan fingerprint density at radius 1 is 0.913 bits per heavy atom. The summed E-state index contributed by atoms with van der Waals surface area (Å²) in [5.41, 5.74) is 3.08. The van der Waals surface area contributed by atoms with Gasteiger partial charge in [-0.25, -0.2) is 0 Å². The summed E-state index contributed by atoms with van der Waals surface area (Å²) in [4.78, 5) is 11.6. The molecule has 0 saturated carbocycles. The number of anilines is 1. The zero-order chi connectivity index (χ0) is 16.3. The Balaban J connectivity index is 1.86. The molecule has 2 rings (SSSR count). The standard InChI is InChI=1S/C20H22N2O/c1-2-21-16-20(23)22-19-14-12-18(13-15-19)11-7-6-10-17-8-4-3-5-9-17/h3-15,21H,2,16H2,1H3,(H,22,23). The summed E-state index contributed by atoms with van der Waals surface area (Å²) in [6, 6.07) is 18.0. The van der Waals surface area contributed by atoms with Crippen molar-refractivity contribution in [1.29, 1.82) is 0 Å². The highest BCUT2D eigenvalue weighted by Gasteiger charge is 2.00. The summed E-state index contributed by atoms with van der Waals surface area (Å²) in [7, 11) is 0. The van der Waals surface area contributed by atoms with Crippen molar-refractivity contribution in [3.8, 4) is 0 Å². The molecule has 0 aliphatic heterocycles. The van der Waals surface area contributed by atoms with Gasteiger partial charge in [0.05, 0.1) is 6.54 Å². The van der Waals surface area contributed by atoms with Crippen LogP contribution in [0.1, 0.15) is 18.1 Å². The Labute approximate surface area is 137 Å². The highest BCUT2D eigenvalue weighted by atomic mass is 16.1. The molecule has 23 heavy (non-hydrogen) atoms. The largest absolute Gasteiger partial charge is 0.325 e. The Bertz CT molecular complexity index is 658. The van der Waals surface area contributed by atoms with Crippen LogP contribution in [0.2, 0.25) is 0 Å². The van der Waals surface area contributed by atoms with E-state index in [4.69, 9.17) is 0 Å². The van der Waals surface area contributed by atoms with Crippen molar-refractivity contribution >= 4 is 23.7 Å². The Hall–Kier alpha value is -2.65. The average molecular weight is 306 g/mol. The van der Waals surface area contributed by atoms with Crippen LogP contribution in [-0.4, -0.2) is 19.0 Å². The quantitative estimate of drug-likeness (QED) is 0.760. The second kappa shape index (κ2) is 9.38. The molecule has 0 heterocycles. The first-order valence-corrected chi connectivity index (χ1v) is 7.78. The van der Waals surface area contributed by atoms with Crippen molar-refractivity contribution in [1.82, 2.24) is 5.32 Å². The van der Waals surface area contributed by atoms with E-state index in [-0.39, 0.29) is 5.91 Å². The number of amides is 1. The Kier molecular flexibility index (Phi) is 6.82. The van der Waals surface area contributed by atoms with Crippen molar-refractivity contribution in [2.24, 2.45) is 0 Å². The van der Waals surface area contributed by atoms with E-state index in [9.17, 15) is 4.79 Å². The number of hydrogen-bond donors (Lipinski definition) is 2. The van der Waals surface area contributed by atoms with Crippen LogP contribution < -0.4 is 10.6 Å². The van der Waals surface area contributed by atoms with Crippen LogP contribution in [0.3, 0.4) is 0 Å². The van der Waals surface area contributed by atoms with Gasteiger partial charge in [0.25, 0.3) is 0 Å². The smallest absolute Gasteiger partial charge is 0.238 e. The van der Waals surface area contributed by atoms with E-state index in [1.54, 1.807) is 0 Å². The van der Waals surface area contributed by atoms with Crippen molar-refractivity contribution in [3.05, 3.63) is 77.9 Å². The van der Waals surface area contributed by atoms with E-state index in [0.717, 1.165) is 17.8 Å². The molecule has 0 radical (unpaired) electrons. The molecule has 0 spiro atoms. The van der Waals surface area contributed by atoms with E-state index in [1.807, 2.05) is 67.6 Å². The summed E-state index contributed by atoms with van der Waals surface area (Å²) in [5, 5.41) is 5.85. The first-order valence-electron chi connectivity index (χ1n) is 7.78. The third-order valence-corrected chi connectivity index (χ3v) is 3.22. The first-order chi connectivity index (χ1) is 11.3. The third-order valence-electron chi connectivity index (χ3n) is 3.22. The molecule has 2 N–H and O–H groups in total. The third kappa shape index (κ3) is 6.32. The van der Waals surface area contributed by atoms with E-state index in [1.165, 1.54) is 5.56 Å². The van der Waals surface area contributed by atoms with Gasteiger partial charge in [0.2, 0.25) is 5.91 Å². The van der Waals surface area contributed by atoms with E-state index < -0.39 is 0 Å². The molecule has 2 aromatic rings. The maximum atomic E-state index is 11.6. The molecule has 2 aromatic carbocycles. The molecular weight excluding hydrogens is 284 g/mol. The summed E-state index contributed by atoms with van der Waals surface area (Å²) in [6.45, 7) is 3.09. The Morgan fingerprint density at radius 2 is 1.52 bits per heavy atom. The van der Waals surface area contributed by atoms with E-state index in [2.05, 4.69) is 28.8 Å². The zero-order valence-corrected chi connectivity index (χ0v) is 13.3. The fourth-order valence-corrected chi connectivity index (χ4v) is 2.02. The van der Waals surface area contributed by atoms with Gasteiger partial charge >= 0.3 is 0 Å². The minimum Gasteiger partial charge on any atom is -0.325 e. The van der Waals surface area contributed by atoms with Gasteiger partial charge in [0.15, 0.2) is 0 Å². The summed E-state index contributed by atoms with van der Waals surface area (Å²) in [5.74, 6) is -0.0269. The van der Waals surface area contributed by atoms with Crippen molar-refractivity contribution in [2.45, 2.75) is 6.92 Å². The maximum Gasteiger partial charge on any atom is 0.238 e. The van der Waals surface area contributed by atoms with Gasteiger partial charge in [-0.05, 0) is 29.8 Å². The van der Waals surface area contributed by atoms with Crippen LogP contribution in [0, 0.1) is 0 Å².